The zero-order valence-corrected chi connectivity index (χ0v) is 31.8. The largest absolute Gasteiger partial charge is 0.471 e. The lowest BCUT2D eigenvalue weighted by atomic mass is 10.0. The molecule has 2 aliphatic heterocycles. The third-order valence-corrected chi connectivity index (χ3v) is 13.2. The van der Waals surface area contributed by atoms with Gasteiger partial charge in [-0.25, -0.2) is 27.8 Å². The van der Waals surface area contributed by atoms with Gasteiger partial charge in [0.25, 0.3) is 11.8 Å². The summed E-state index contributed by atoms with van der Waals surface area (Å²) in [7, 11) is -4.02. The van der Waals surface area contributed by atoms with Gasteiger partial charge in [-0.2, -0.15) is 0 Å². The number of fused-ring (bicyclic) bond motifs is 3. The number of sulfonamides is 1. The molecule has 2 aliphatic carbocycles. The van der Waals surface area contributed by atoms with E-state index >= 15 is 0 Å². The summed E-state index contributed by atoms with van der Waals surface area (Å²) in [4.78, 5) is 74.8. The fraction of sp³-hybridized carbons (Fsp3) is 0.526. The standard InChI is InChI=1S/C38H45FN8O7S/c1-4-26-34(44-31-25(39)12-10-14-27(31)42-26)54-24-17-30-33(49)45-38(36(51)46-55(52,53)37(3)15-16-37)18-23(38)11-8-6-5-7-9-13-28(35(50)47(30)21-24)43-32(48)29-20-40-22(2)19-41-29/h8,10-12,14,19-20,23-24,28,30H,4-7,9,13,15-18,21H2,1-3H3,(H,43,48)(H,45,49)(H,46,51)/t23-,24-,28+,30+,38-/m1/s1. The Morgan fingerprint density at radius 2 is 1.91 bits per heavy atom. The van der Waals surface area contributed by atoms with Crippen molar-refractivity contribution in [2.45, 2.75) is 113 Å². The molecule has 7 rings (SSSR count). The Kier molecular flexibility index (Phi) is 10.3. The molecule has 4 amide bonds. The van der Waals surface area contributed by atoms with Crippen LogP contribution in [-0.4, -0.2) is 91.9 Å². The van der Waals surface area contributed by atoms with Gasteiger partial charge >= 0.3 is 0 Å². The molecule has 0 spiro atoms. The van der Waals surface area contributed by atoms with Crippen molar-refractivity contribution in [1.82, 2.24) is 40.2 Å². The second-order valence-electron chi connectivity index (χ2n) is 15.2. The van der Waals surface area contributed by atoms with E-state index in [1.165, 1.54) is 29.4 Å². The molecule has 3 aromatic rings. The van der Waals surface area contributed by atoms with Gasteiger partial charge < -0.3 is 20.3 Å². The Bertz CT molecular complexity index is 2160. The van der Waals surface area contributed by atoms with Crippen molar-refractivity contribution in [2.24, 2.45) is 5.92 Å². The van der Waals surface area contributed by atoms with Crippen molar-refractivity contribution < 1.29 is 36.7 Å². The minimum absolute atomic E-state index is 0.00846. The number of carbonyl (C=O) groups is 4. The van der Waals surface area contributed by atoms with Crippen LogP contribution in [0.15, 0.2) is 42.7 Å². The average Bonchev–Trinajstić information content (AvgIpc) is 4.04. The molecule has 17 heteroatoms. The van der Waals surface area contributed by atoms with Crippen LogP contribution >= 0.6 is 0 Å². The maximum Gasteiger partial charge on any atom is 0.272 e. The number of rotatable bonds is 8. The highest BCUT2D eigenvalue weighted by Crippen LogP contribution is 2.47. The predicted octanol–water partition coefficient (Wildman–Crippen LogP) is 2.97. The number of aromatic nitrogens is 4. The second kappa shape index (κ2) is 14.9. The topological polar surface area (TPSA) is 203 Å². The first kappa shape index (κ1) is 38.2. The molecule has 0 radical (unpaired) electrons. The van der Waals surface area contributed by atoms with Crippen LogP contribution < -0.4 is 20.1 Å². The number of ether oxygens (including phenoxy) is 1. The van der Waals surface area contributed by atoms with Gasteiger partial charge in [-0.3, -0.25) is 28.9 Å². The van der Waals surface area contributed by atoms with Gasteiger partial charge in [0.2, 0.25) is 27.7 Å². The van der Waals surface area contributed by atoms with Gasteiger partial charge in [0.1, 0.15) is 40.6 Å². The SMILES string of the molecule is CCc1nc2cccc(F)c2nc1O[C@@H]1C[C@H]2C(=O)N[C@]3(C(=O)NS(=O)(=O)C4(C)CC4)C[C@H]3C=CCCCCC[C@H](NC(=O)c3cnc(C)cn3)C(=O)N2C1. The zero-order chi connectivity index (χ0) is 39.1. The molecule has 4 heterocycles. The lowest BCUT2D eigenvalue weighted by molar-refractivity contribution is -0.141. The molecule has 3 N–H and O–H groups in total. The van der Waals surface area contributed by atoms with Gasteiger partial charge in [-0.15, -0.1) is 0 Å². The molecule has 15 nitrogen and oxygen atoms in total. The highest BCUT2D eigenvalue weighted by molar-refractivity contribution is 7.91. The molecular formula is C38H45FN8O7S. The van der Waals surface area contributed by atoms with E-state index in [9.17, 15) is 32.0 Å². The van der Waals surface area contributed by atoms with Crippen LogP contribution in [0.2, 0.25) is 0 Å². The summed E-state index contributed by atoms with van der Waals surface area (Å²) in [6.07, 6.45) is 10.1. The van der Waals surface area contributed by atoms with Crippen molar-refractivity contribution in [2.75, 3.05) is 6.54 Å². The minimum Gasteiger partial charge on any atom is -0.471 e. The van der Waals surface area contributed by atoms with Crippen molar-refractivity contribution in [3.8, 4) is 5.88 Å². The van der Waals surface area contributed by atoms with Crippen LogP contribution in [0.5, 0.6) is 5.88 Å². The third kappa shape index (κ3) is 7.75. The summed E-state index contributed by atoms with van der Waals surface area (Å²) in [6.45, 7) is 5.04. The molecule has 1 saturated heterocycles. The summed E-state index contributed by atoms with van der Waals surface area (Å²) < 4.78 is 48.6. The zero-order valence-electron chi connectivity index (χ0n) is 31.0. The van der Waals surface area contributed by atoms with Crippen molar-refractivity contribution in [3.63, 3.8) is 0 Å². The Hall–Kier alpha value is -5.06. The third-order valence-electron chi connectivity index (χ3n) is 11.1. The number of hydrogen-bond acceptors (Lipinski definition) is 11. The van der Waals surface area contributed by atoms with Crippen molar-refractivity contribution in [3.05, 3.63) is 65.6 Å². The highest BCUT2D eigenvalue weighted by Gasteiger charge is 2.63. The van der Waals surface area contributed by atoms with Gasteiger partial charge in [0.15, 0.2) is 5.82 Å². The number of hydrogen-bond donors (Lipinski definition) is 3. The van der Waals surface area contributed by atoms with E-state index < -0.39 is 73.9 Å². The first-order valence-electron chi connectivity index (χ1n) is 18.8. The quantitative estimate of drug-likeness (QED) is 0.284. The number of amides is 4. The molecule has 3 fully saturated rings. The van der Waals surface area contributed by atoms with Crippen LogP contribution in [0, 0.1) is 18.7 Å². The summed E-state index contributed by atoms with van der Waals surface area (Å²) in [5.41, 5.74) is -0.113. The first-order valence-corrected chi connectivity index (χ1v) is 20.3. The number of nitrogens with one attached hydrogen (secondary N) is 3. The summed E-state index contributed by atoms with van der Waals surface area (Å²) in [5.74, 6) is -3.67. The van der Waals surface area contributed by atoms with Crippen LogP contribution in [0.1, 0.15) is 93.5 Å². The second-order valence-corrected chi connectivity index (χ2v) is 17.4. The molecule has 5 atom stereocenters. The van der Waals surface area contributed by atoms with Gasteiger partial charge in [-0.1, -0.05) is 38.0 Å². The lowest BCUT2D eigenvalue weighted by Crippen LogP contribution is -2.58. The van der Waals surface area contributed by atoms with Crippen molar-refractivity contribution >= 4 is 44.7 Å². The molecule has 0 unspecified atom stereocenters. The van der Waals surface area contributed by atoms with Gasteiger partial charge in [-0.05, 0) is 70.9 Å². The Labute approximate surface area is 318 Å². The van der Waals surface area contributed by atoms with Crippen LogP contribution in [0.4, 0.5) is 4.39 Å². The van der Waals surface area contributed by atoms with E-state index in [2.05, 4.69) is 35.3 Å². The monoisotopic (exact) mass is 776 g/mol. The number of para-hydroxylation sites is 1. The molecule has 2 aromatic heterocycles. The molecule has 1 aromatic carbocycles. The first-order chi connectivity index (χ1) is 26.2. The van der Waals surface area contributed by atoms with Crippen molar-refractivity contribution in [1.29, 1.82) is 0 Å². The molecular weight excluding hydrogens is 732 g/mol. The van der Waals surface area contributed by atoms with Crippen LogP contribution in [-0.2, 0) is 30.8 Å². The summed E-state index contributed by atoms with van der Waals surface area (Å²) in [5, 5.41) is 5.66. The normalized spacial score (nSPS) is 26.5. The molecule has 4 aliphatic rings. The lowest BCUT2D eigenvalue weighted by Gasteiger charge is -2.30. The van der Waals surface area contributed by atoms with E-state index in [1.54, 1.807) is 19.9 Å². The molecule has 55 heavy (non-hydrogen) atoms. The number of allylic oxidation sites excluding steroid dienone is 1. The average molecular weight is 777 g/mol. The van der Waals surface area contributed by atoms with E-state index in [4.69, 9.17) is 4.74 Å². The molecule has 2 saturated carbocycles. The van der Waals surface area contributed by atoms with Crippen LogP contribution in [0.25, 0.3) is 11.0 Å². The fourth-order valence-corrected chi connectivity index (χ4v) is 8.55. The van der Waals surface area contributed by atoms with E-state index in [0.29, 0.717) is 49.0 Å². The van der Waals surface area contributed by atoms with E-state index in [1.807, 2.05) is 19.1 Å². The number of aryl methyl sites for hydroxylation is 2. The number of carbonyl (C=O) groups excluding carboxylic acids is 4. The highest BCUT2D eigenvalue weighted by atomic mass is 32.2. The molecule has 0 bridgehead atoms. The predicted molar refractivity (Wildman–Crippen MR) is 197 cm³/mol. The Morgan fingerprint density at radius 1 is 1.11 bits per heavy atom. The van der Waals surface area contributed by atoms with Gasteiger partial charge in [0.05, 0.1) is 28.7 Å². The number of benzene rings is 1. The maximum absolute atomic E-state index is 14.8. The smallest absolute Gasteiger partial charge is 0.272 e. The Balaban J connectivity index is 1.21. The fourth-order valence-electron chi connectivity index (χ4n) is 7.24. The Morgan fingerprint density at radius 3 is 2.64 bits per heavy atom. The summed E-state index contributed by atoms with van der Waals surface area (Å²) >= 11 is 0. The van der Waals surface area contributed by atoms with E-state index in [-0.39, 0.29) is 42.9 Å². The van der Waals surface area contributed by atoms with E-state index in [0.717, 1.165) is 12.8 Å². The number of nitrogens with zero attached hydrogens (tertiary/aromatic N) is 5. The maximum atomic E-state index is 14.8. The van der Waals surface area contributed by atoms with Gasteiger partial charge in [0, 0.05) is 18.5 Å². The minimum atomic E-state index is -4.02. The molecule has 292 valence electrons. The number of halogens is 1. The summed E-state index contributed by atoms with van der Waals surface area (Å²) in [6, 6.07) is 2.20. The van der Waals surface area contributed by atoms with Crippen LogP contribution in [0.3, 0.4) is 0 Å².